The van der Waals surface area contributed by atoms with Gasteiger partial charge in [0.25, 0.3) is 5.91 Å². The van der Waals surface area contributed by atoms with Crippen molar-refractivity contribution < 1.29 is 4.79 Å². The number of nitrogen functional groups attached to an aromatic ring is 1. The Labute approximate surface area is 107 Å². The number of hydrogen-bond donors (Lipinski definition) is 2. The number of nitrogens with one attached hydrogen (secondary N) is 1. The fourth-order valence-electron chi connectivity index (χ4n) is 1.61. The number of carbonyl (C=O) groups is 1. The fourth-order valence-corrected chi connectivity index (χ4v) is 1.61. The first kappa shape index (κ1) is 12.2. The first-order valence-electron chi connectivity index (χ1n) is 5.71. The first-order chi connectivity index (χ1) is 8.66. The summed E-state index contributed by atoms with van der Waals surface area (Å²) in [6, 6.07) is 11.0. The zero-order valence-corrected chi connectivity index (χ0v) is 10.2. The summed E-state index contributed by atoms with van der Waals surface area (Å²) in [6.45, 7) is 0.446. The lowest BCUT2D eigenvalue weighted by Gasteiger charge is -2.07. The highest BCUT2D eigenvalue weighted by Crippen LogP contribution is 2.01. The molecule has 0 aliphatic heterocycles. The standard InChI is InChI=1S/C13H14BN3O/c14-11-6-9(7-16-12(11)15)8-17-13(18)10-4-2-1-3-5-10/h1-7H,8,14H2,(H2,15,16)(H,17,18). The van der Waals surface area contributed by atoms with Crippen LogP contribution in [0.15, 0.2) is 42.6 Å². The second-order valence-electron chi connectivity index (χ2n) is 4.09. The average Bonchev–Trinajstić information content (AvgIpc) is 2.41. The van der Waals surface area contributed by atoms with E-state index in [-0.39, 0.29) is 5.91 Å². The number of nitrogens with two attached hydrogens (primary N) is 1. The molecule has 4 nitrogen and oxygen atoms in total. The highest BCUT2D eigenvalue weighted by molar-refractivity contribution is 6.35. The monoisotopic (exact) mass is 239 g/mol. The number of anilines is 1. The van der Waals surface area contributed by atoms with E-state index in [9.17, 15) is 4.79 Å². The number of amides is 1. The van der Waals surface area contributed by atoms with E-state index in [1.54, 1.807) is 18.3 Å². The molecule has 0 aliphatic carbocycles. The van der Waals surface area contributed by atoms with Gasteiger partial charge < -0.3 is 11.1 Å². The maximum atomic E-state index is 11.8. The smallest absolute Gasteiger partial charge is 0.251 e. The van der Waals surface area contributed by atoms with Crippen LogP contribution in [-0.4, -0.2) is 18.7 Å². The van der Waals surface area contributed by atoms with Gasteiger partial charge in [-0.2, -0.15) is 0 Å². The SMILES string of the molecule is Bc1cc(CNC(=O)c2ccccc2)cnc1N. The first-order valence-corrected chi connectivity index (χ1v) is 5.71. The molecule has 90 valence electrons. The van der Waals surface area contributed by atoms with Crippen LogP contribution in [0, 0.1) is 0 Å². The Kier molecular flexibility index (Phi) is 3.62. The highest BCUT2D eigenvalue weighted by Gasteiger charge is 2.04. The van der Waals surface area contributed by atoms with Gasteiger partial charge in [-0.15, -0.1) is 0 Å². The summed E-state index contributed by atoms with van der Waals surface area (Å²) in [5.41, 5.74) is 8.14. The Hall–Kier alpha value is -2.30. The van der Waals surface area contributed by atoms with Crippen LogP contribution in [-0.2, 0) is 6.54 Å². The summed E-state index contributed by atoms with van der Waals surface area (Å²) in [6.07, 6.45) is 1.67. The van der Waals surface area contributed by atoms with Gasteiger partial charge in [-0.3, -0.25) is 4.79 Å². The summed E-state index contributed by atoms with van der Waals surface area (Å²) in [5, 5.41) is 2.84. The molecule has 0 atom stereocenters. The Morgan fingerprint density at radius 3 is 2.72 bits per heavy atom. The van der Waals surface area contributed by atoms with E-state index in [4.69, 9.17) is 5.73 Å². The second kappa shape index (κ2) is 5.36. The van der Waals surface area contributed by atoms with Gasteiger partial charge in [0.1, 0.15) is 13.7 Å². The summed E-state index contributed by atoms with van der Waals surface area (Å²) >= 11 is 0. The molecular weight excluding hydrogens is 225 g/mol. The molecule has 0 aliphatic rings. The van der Waals surface area contributed by atoms with Gasteiger partial charge in [-0.1, -0.05) is 24.3 Å². The highest BCUT2D eigenvalue weighted by atomic mass is 16.1. The number of carbonyl (C=O) groups excluding carboxylic acids is 1. The molecule has 0 saturated heterocycles. The zero-order chi connectivity index (χ0) is 13.0. The molecule has 0 saturated carbocycles. The Balaban J connectivity index is 1.99. The van der Waals surface area contributed by atoms with Crippen LogP contribution >= 0.6 is 0 Å². The van der Waals surface area contributed by atoms with Gasteiger partial charge >= 0.3 is 0 Å². The molecule has 0 spiro atoms. The van der Waals surface area contributed by atoms with Gasteiger partial charge in [0.2, 0.25) is 0 Å². The van der Waals surface area contributed by atoms with Crippen molar-refractivity contribution in [3.8, 4) is 0 Å². The maximum absolute atomic E-state index is 11.8. The lowest BCUT2D eigenvalue weighted by atomic mass is 9.95. The second-order valence-corrected chi connectivity index (χ2v) is 4.09. The van der Waals surface area contributed by atoms with E-state index in [2.05, 4.69) is 10.3 Å². The van der Waals surface area contributed by atoms with Crippen molar-refractivity contribution in [2.45, 2.75) is 6.54 Å². The molecule has 0 bridgehead atoms. The quantitative estimate of drug-likeness (QED) is 0.732. The molecule has 3 N–H and O–H groups in total. The number of aromatic nitrogens is 1. The molecule has 5 heteroatoms. The molecule has 1 amide bonds. The summed E-state index contributed by atoms with van der Waals surface area (Å²) in [7, 11) is 1.89. The van der Waals surface area contributed by atoms with E-state index in [0.29, 0.717) is 17.9 Å². The number of nitrogens with zero attached hydrogens (tertiary/aromatic N) is 1. The van der Waals surface area contributed by atoms with E-state index in [1.165, 1.54) is 0 Å². The minimum atomic E-state index is -0.0925. The molecular formula is C13H14BN3O. The molecule has 0 unspecified atom stereocenters. The lowest BCUT2D eigenvalue weighted by molar-refractivity contribution is 0.0951. The molecule has 2 aromatic rings. The third-order valence-corrected chi connectivity index (χ3v) is 2.66. The van der Waals surface area contributed by atoms with Crippen LogP contribution in [0.2, 0.25) is 0 Å². The van der Waals surface area contributed by atoms with Crippen LogP contribution in [0.4, 0.5) is 5.82 Å². The number of pyridine rings is 1. The molecule has 1 aromatic carbocycles. The topological polar surface area (TPSA) is 68.0 Å². The van der Waals surface area contributed by atoms with Crippen LogP contribution in [0.3, 0.4) is 0 Å². The Morgan fingerprint density at radius 2 is 2.06 bits per heavy atom. The predicted octanol–water partition coefficient (Wildman–Crippen LogP) is -0.148. The third-order valence-electron chi connectivity index (χ3n) is 2.66. The van der Waals surface area contributed by atoms with E-state index in [0.717, 1.165) is 11.0 Å². The summed E-state index contributed by atoms with van der Waals surface area (Å²) in [4.78, 5) is 15.9. The molecule has 1 aromatic heterocycles. The molecule has 18 heavy (non-hydrogen) atoms. The van der Waals surface area contributed by atoms with E-state index >= 15 is 0 Å². The minimum Gasteiger partial charge on any atom is -0.384 e. The minimum absolute atomic E-state index is 0.0925. The van der Waals surface area contributed by atoms with Gasteiger partial charge in [0.05, 0.1) is 0 Å². The molecule has 2 rings (SSSR count). The van der Waals surface area contributed by atoms with Crippen molar-refractivity contribution in [3.63, 3.8) is 0 Å². The van der Waals surface area contributed by atoms with E-state index < -0.39 is 0 Å². The number of hydrogen-bond acceptors (Lipinski definition) is 3. The summed E-state index contributed by atoms with van der Waals surface area (Å²) < 4.78 is 0. The Bertz CT molecular complexity index is 557. The zero-order valence-electron chi connectivity index (χ0n) is 10.2. The van der Waals surface area contributed by atoms with Crippen molar-refractivity contribution >= 4 is 25.0 Å². The third kappa shape index (κ3) is 2.88. The van der Waals surface area contributed by atoms with Crippen LogP contribution in [0.5, 0.6) is 0 Å². The van der Waals surface area contributed by atoms with E-state index in [1.807, 2.05) is 32.1 Å². The van der Waals surface area contributed by atoms with Gasteiger partial charge in [0, 0.05) is 18.3 Å². The predicted molar refractivity (Wildman–Crippen MR) is 74.4 cm³/mol. The fraction of sp³-hybridized carbons (Fsp3) is 0.0769. The van der Waals surface area contributed by atoms with Gasteiger partial charge in [-0.25, -0.2) is 4.98 Å². The molecule has 1 heterocycles. The van der Waals surface area contributed by atoms with Gasteiger partial charge in [0.15, 0.2) is 0 Å². The maximum Gasteiger partial charge on any atom is 0.251 e. The number of rotatable bonds is 3. The molecule has 0 fully saturated rings. The normalized spacial score (nSPS) is 10.0. The van der Waals surface area contributed by atoms with Crippen molar-refractivity contribution in [2.75, 3.05) is 5.73 Å². The van der Waals surface area contributed by atoms with Crippen molar-refractivity contribution in [1.29, 1.82) is 0 Å². The lowest BCUT2D eigenvalue weighted by Crippen LogP contribution is -2.24. The van der Waals surface area contributed by atoms with Crippen LogP contribution < -0.4 is 16.5 Å². The average molecular weight is 239 g/mol. The largest absolute Gasteiger partial charge is 0.384 e. The van der Waals surface area contributed by atoms with Crippen LogP contribution in [0.1, 0.15) is 15.9 Å². The summed E-state index contributed by atoms with van der Waals surface area (Å²) in [5.74, 6) is 0.429. The number of benzene rings is 1. The van der Waals surface area contributed by atoms with Crippen molar-refractivity contribution in [3.05, 3.63) is 53.7 Å². The van der Waals surface area contributed by atoms with Crippen molar-refractivity contribution in [1.82, 2.24) is 10.3 Å². The Morgan fingerprint density at radius 1 is 1.33 bits per heavy atom. The molecule has 0 radical (unpaired) electrons. The van der Waals surface area contributed by atoms with Gasteiger partial charge in [-0.05, 0) is 23.2 Å². The van der Waals surface area contributed by atoms with Crippen LogP contribution in [0.25, 0.3) is 0 Å². The van der Waals surface area contributed by atoms with Crippen molar-refractivity contribution in [2.24, 2.45) is 0 Å².